The predicted molar refractivity (Wildman–Crippen MR) is 168 cm³/mol. The average molecular weight is 612 g/mol. The van der Waals surface area contributed by atoms with Crippen molar-refractivity contribution in [2.24, 2.45) is 5.73 Å². The number of carbonyl (C=O) groups is 1. The van der Waals surface area contributed by atoms with Crippen LogP contribution in [0.25, 0.3) is 27.8 Å². The highest BCUT2D eigenvalue weighted by Gasteiger charge is 2.60. The normalized spacial score (nSPS) is 17.1. The number of amides is 1. The van der Waals surface area contributed by atoms with Crippen molar-refractivity contribution in [1.82, 2.24) is 25.0 Å². The lowest BCUT2D eigenvalue weighted by Crippen LogP contribution is -2.46. The minimum absolute atomic E-state index is 0.0613. The van der Waals surface area contributed by atoms with E-state index in [0.29, 0.717) is 55.3 Å². The number of carbonyl (C=O) groups excluding carboxylic acids is 1. The number of hydrogen-bond donors (Lipinski definition) is 2. The molecule has 8 rings (SSSR count). The molecule has 45 heavy (non-hydrogen) atoms. The maximum absolute atomic E-state index is 15.2. The van der Waals surface area contributed by atoms with Gasteiger partial charge in [0.25, 0.3) is 0 Å². The molecule has 4 heterocycles. The van der Waals surface area contributed by atoms with Crippen LogP contribution in [-0.2, 0) is 16.8 Å². The zero-order valence-electron chi connectivity index (χ0n) is 23.7. The topological polar surface area (TPSA) is 162 Å². The molecule has 0 aliphatic carbocycles. The number of hydrogen-bond acceptors (Lipinski definition) is 9. The maximum Gasteiger partial charge on any atom is 0.248 e. The summed E-state index contributed by atoms with van der Waals surface area (Å²) in [5.41, 5.74) is 17.2. The molecule has 1 unspecified atom stereocenters. The highest BCUT2D eigenvalue weighted by molar-refractivity contribution is 6.31. The number of anilines is 2. The number of benzene rings is 4. The van der Waals surface area contributed by atoms with Crippen molar-refractivity contribution in [3.8, 4) is 17.5 Å². The van der Waals surface area contributed by atoms with Gasteiger partial charge in [0.15, 0.2) is 5.75 Å². The fraction of sp³-hybridized carbons (Fsp3) is 0.0909. The van der Waals surface area contributed by atoms with Crippen molar-refractivity contribution in [3.63, 3.8) is 0 Å². The number of ether oxygens (including phenoxy) is 1. The molecule has 4 N–H and O–H groups in total. The number of halogens is 1. The number of rotatable bonds is 3. The summed E-state index contributed by atoms with van der Waals surface area (Å²) in [6.07, 6.45) is 1.59. The van der Waals surface area contributed by atoms with E-state index in [9.17, 15) is 5.26 Å². The van der Waals surface area contributed by atoms with Gasteiger partial charge >= 0.3 is 0 Å². The van der Waals surface area contributed by atoms with E-state index < -0.39 is 11.3 Å². The summed E-state index contributed by atoms with van der Waals surface area (Å²) in [6, 6.07) is 24.1. The van der Waals surface area contributed by atoms with Gasteiger partial charge in [0.2, 0.25) is 11.8 Å². The Labute approximate surface area is 260 Å². The Morgan fingerprint density at radius 3 is 2.53 bits per heavy atom. The van der Waals surface area contributed by atoms with Crippen LogP contribution in [0.2, 0.25) is 5.02 Å². The summed E-state index contributed by atoms with van der Waals surface area (Å²) in [7, 11) is 0. The fourth-order valence-electron chi connectivity index (χ4n) is 6.38. The van der Waals surface area contributed by atoms with Gasteiger partial charge < -0.3 is 21.1 Å². The van der Waals surface area contributed by atoms with Gasteiger partial charge in [-0.2, -0.15) is 5.26 Å². The van der Waals surface area contributed by atoms with Gasteiger partial charge in [-0.05, 0) is 48.9 Å². The van der Waals surface area contributed by atoms with E-state index in [1.807, 2.05) is 67.6 Å². The van der Waals surface area contributed by atoms with Crippen LogP contribution in [0.3, 0.4) is 0 Å². The van der Waals surface area contributed by atoms with Crippen molar-refractivity contribution in [2.75, 3.05) is 10.6 Å². The molecule has 12 heteroatoms. The van der Waals surface area contributed by atoms with E-state index in [2.05, 4.69) is 16.4 Å². The Kier molecular flexibility index (Phi) is 5.62. The molecule has 0 saturated heterocycles. The monoisotopic (exact) mass is 611 g/mol. The van der Waals surface area contributed by atoms with Gasteiger partial charge in [0.1, 0.15) is 17.1 Å². The van der Waals surface area contributed by atoms with Crippen LogP contribution in [-0.4, -0.2) is 30.9 Å². The minimum atomic E-state index is -1.72. The lowest BCUT2D eigenvalue weighted by atomic mass is 9.68. The second kappa shape index (κ2) is 9.51. The van der Waals surface area contributed by atoms with Gasteiger partial charge in [-0.3, -0.25) is 4.79 Å². The first kappa shape index (κ1) is 26.6. The summed E-state index contributed by atoms with van der Waals surface area (Å²) in [5, 5.41) is 19.6. The number of nitriles is 1. The molecule has 1 atom stereocenters. The third-order valence-electron chi connectivity index (χ3n) is 8.44. The highest BCUT2D eigenvalue weighted by Crippen LogP contribution is 2.58. The maximum atomic E-state index is 15.2. The lowest BCUT2D eigenvalue weighted by Gasteiger charge is -2.35. The van der Waals surface area contributed by atoms with Gasteiger partial charge in [0, 0.05) is 16.3 Å². The summed E-state index contributed by atoms with van der Waals surface area (Å²) >= 11 is 6.42. The molecular formula is C33H22ClN9O2. The van der Waals surface area contributed by atoms with Crippen LogP contribution >= 0.6 is 11.6 Å². The molecule has 2 aliphatic rings. The first-order chi connectivity index (χ1) is 21.8. The summed E-state index contributed by atoms with van der Waals surface area (Å²) in [5.74, 6) is -0.477. The second-order valence-electron chi connectivity index (χ2n) is 10.9. The number of fused-ring (bicyclic) bond motifs is 7. The number of aryl methyl sites for hydroxylation is 1. The molecule has 218 valence electrons. The van der Waals surface area contributed by atoms with Crippen LogP contribution in [0.4, 0.5) is 11.4 Å². The van der Waals surface area contributed by atoms with Crippen LogP contribution in [0.15, 0.2) is 90.4 Å². The van der Waals surface area contributed by atoms with Gasteiger partial charge in [0.05, 0.1) is 57.4 Å². The van der Waals surface area contributed by atoms with E-state index >= 15 is 4.79 Å². The Morgan fingerprint density at radius 1 is 1.00 bits per heavy atom. The van der Waals surface area contributed by atoms with Crippen LogP contribution in [0, 0.1) is 18.3 Å². The van der Waals surface area contributed by atoms with Gasteiger partial charge in [-0.1, -0.05) is 53.2 Å². The molecule has 0 bridgehead atoms. The van der Waals surface area contributed by atoms with Crippen molar-refractivity contribution < 1.29 is 9.53 Å². The molecule has 2 aromatic heterocycles. The highest BCUT2D eigenvalue weighted by atomic mass is 35.5. The SMILES string of the molecule is Cc1ccc(-n2nncc2CN2C(=O)C3(C(C#N)=C(N)Oc4c(N)cc5nc6ccccc6nc5c43)c3ccccc32)cc1Cl. The summed E-state index contributed by atoms with van der Waals surface area (Å²) in [6.45, 7) is 1.98. The number of aromatic nitrogens is 5. The molecule has 2 aliphatic heterocycles. The van der Waals surface area contributed by atoms with Gasteiger partial charge in [-0.15, -0.1) is 5.10 Å². The number of nitrogens with zero attached hydrogens (tertiary/aromatic N) is 7. The van der Waals surface area contributed by atoms with E-state index in [-0.39, 0.29) is 29.4 Å². The van der Waals surface area contributed by atoms with Gasteiger partial charge in [-0.25, -0.2) is 14.6 Å². The van der Waals surface area contributed by atoms with Crippen LogP contribution in [0.5, 0.6) is 5.75 Å². The minimum Gasteiger partial charge on any atom is -0.438 e. The Balaban J connectivity index is 1.39. The quantitative estimate of drug-likeness (QED) is 0.211. The molecule has 1 spiro atoms. The number of nitrogens with two attached hydrogens (primary N) is 2. The standard InChI is InChI=1S/C33H22ClN9O2/c1-17-10-11-18(12-22(17)34)43-19(15-38-41-43)16-42-27-9-5-2-6-20(27)33(32(42)44)21(14-35)31(37)45-30-23(36)13-26-29(28(30)33)40-25-8-4-3-7-24(25)39-26/h2-13,15H,16,36-37H2,1H3. The third-order valence-corrected chi connectivity index (χ3v) is 8.85. The van der Waals surface area contributed by atoms with Crippen molar-refractivity contribution >= 4 is 50.9 Å². The average Bonchev–Trinajstić information content (AvgIpc) is 3.60. The second-order valence-corrected chi connectivity index (χ2v) is 11.3. The van der Waals surface area contributed by atoms with Crippen LogP contribution in [0.1, 0.15) is 22.4 Å². The smallest absolute Gasteiger partial charge is 0.248 e. The number of para-hydroxylation sites is 3. The number of nitrogen functional groups attached to an aromatic ring is 1. The zero-order chi connectivity index (χ0) is 31.0. The molecular weight excluding hydrogens is 590 g/mol. The fourth-order valence-corrected chi connectivity index (χ4v) is 6.56. The van der Waals surface area contributed by atoms with E-state index in [1.165, 1.54) is 0 Å². The molecule has 11 nitrogen and oxygen atoms in total. The molecule has 0 saturated carbocycles. The van der Waals surface area contributed by atoms with E-state index in [4.69, 9.17) is 37.8 Å². The third kappa shape index (κ3) is 3.60. The molecule has 0 radical (unpaired) electrons. The zero-order valence-corrected chi connectivity index (χ0v) is 24.4. The lowest BCUT2D eigenvalue weighted by molar-refractivity contribution is -0.121. The molecule has 1 amide bonds. The van der Waals surface area contributed by atoms with Crippen molar-refractivity contribution in [3.05, 3.63) is 118 Å². The summed E-state index contributed by atoms with van der Waals surface area (Å²) < 4.78 is 7.64. The first-order valence-electron chi connectivity index (χ1n) is 14.0. The van der Waals surface area contributed by atoms with Crippen LogP contribution < -0.4 is 21.1 Å². The first-order valence-corrected chi connectivity index (χ1v) is 14.4. The van der Waals surface area contributed by atoms with E-state index in [1.54, 1.807) is 27.9 Å². The molecule has 6 aromatic rings. The van der Waals surface area contributed by atoms with Crippen molar-refractivity contribution in [1.29, 1.82) is 5.26 Å². The van der Waals surface area contributed by atoms with Crippen molar-refractivity contribution in [2.45, 2.75) is 18.9 Å². The molecule has 0 fully saturated rings. The largest absolute Gasteiger partial charge is 0.438 e. The van der Waals surface area contributed by atoms with E-state index in [0.717, 1.165) is 5.56 Å². The Bertz CT molecular complexity index is 2340. The Morgan fingerprint density at radius 2 is 1.76 bits per heavy atom. The molecule has 4 aromatic carbocycles. The predicted octanol–water partition coefficient (Wildman–Crippen LogP) is 4.83. The Hall–Kier alpha value is -5.99. The summed E-state index contributed by atoms with van der Waals surface area (Å²) in [4.78, 5) is 26.5.